The smallest absolute Gasteiger partial charge is 0.331 e. The number of fused-ring (bicyclic) bond motifs is 1. The molecule has 5 heterocycles. The number of rotatable bonds is 5. The van der Waals surface area contributed by atoms with E-state index >= 15 is 0 Å². The van der Waals surface area contributed by atoms with Crippen LogP contribution in [0.3, 0.4) is 0 Å². The number of hydrogen-bond donors (Lipinski definition) is 2. The first-order valence-corrected chi connectivity index (χ1v) is 13.9. The number of pyridine rings is 1. The molecule has 4 aromatic rings. The minimum absolute atomic E-state index is 0.0281. The lowest BCUT2D eigenvalue weighted by Crippen LogP contribution is -2.35. The number of carbonyl (C=O) groups is 2. The third kappa shape index (κ3) is 4.31. The molecule has 0 bridgehead atoms. The van der Waals surface area contributed by atoms with E-state index in [0.29, 0.717) is 49.3 Å². The van der Waals surface area contributed by atoms with Crippen LogP contribution in [0.2, 0.25) is 0 Å². The number of morpholine rings is 1. The summed E-state index contributed by atoms with van der Waals surface area (Å²) in [6, 6.07) is 13.0. The molecular formula is C29H24N6O5S. The van der Waals surface area contributed by atoms with Crippen molar-refractivity contribution in [2.75, 3.05) is 48.6 Å². The molecule has 0 aliphatic carbocycles. The van der Waals surface area contributed by atoms with Crippen LogP contribution in [-0.2, 0) is 11.3 Å². The summed E-state index contributed by atoms with van der Waals surface area (Å²) in [5.41, 5.74) is 3.89. The van der Waals surface area contributed by atoms with E-state index in [-0.39, 0.29) is 18.3 Å². The van der Waals surface area contributed by atoms with E-state index in [2.05, 4.69) is 26.6 Å². The van der Waals surface area contributed by atoms with Crippen molar-refractivity contribution < 1.29 is 23.8 Å². The van der Waals surface area contributed by atoms with E-state index < -0.39 is 6.03 Å². The van der Waals surface area contributed by atoms with Gasteiger partial charge in [0.05, 0.1) is 41.2 Å². The maximum Gasteiger partial charge on any atom is 0.331 e. The van der Waals surface area contributed by atoms with Gasteiger partial charge in [-0.15, -0.1) is 11.3 Å². The summed E-state index contributed by atoms with van der Waals surface area (Å²) in [6.07, 6.45) is 1.42. The fourth-order valence-corrected chi connectivity index (χ4v) is 6.35. The summed E-state index contributed by atoms with van der Waals surface area (Å²) in [6.45, 7) is 5.96. The first-order chi connectivity index (χ1) is 20.0. The van der Waals surface area contributed by atoms with Gasteiger partial charge in [0.2, 0.25) is 6.79 Å². The van der Waals surface area contributed by atoms with Gasteiger partial charge in [0, 0.05) is 31.5 Å². The fraction of sp³-hybridized carbons (Fsp3) is 0.241. The molecule has 1 saturated heterocycles. The number of nitrogens with one attached hydrogen (secondary N) is 2. The average molecular weight is 569 g/mol. The molecule has 0 unspecified atom stereocenters. The lowest BCUT2D eigenvalue weighted by molar-refractivity contribution is 0.0342. The maximum atomic E-state index is 13.7. The van der Waals surface area contributed by atoms with Crippen molar-refractivity contribution in [2.24, 2.45) is 0 Å². The molecule has 3 aliphatic heterocycles. The van der Waals surface area contributed by atoms with Gasteiger partial charge in [0.25, 0.3) is 5.91 Å². The molecule has 12 heteroatoms. The average Bonchev–Trinajstić information content (AvgIpc) is 3.61. The molecule has 3 aliphatic rings. The van der Waals surface area contributed by atoms with Crippen LogP contribution in [-0.4, -0.2) is 54.9 Å². The van der Waals surface area contributed by atoms with Gasteiger partial charge in [-0.2, -0.15) is 5.26 Å². The first-order valence-electron chi connectivity index (χ1n) is 13.1. The van der Waals surface area contributed by atoms with Crippen LogP contribution in [0.4, 0.5) is 27.5 Å². The van der Waals surface area contributed by atoms with Gasteiger partial charge in [-0.1, -0.05) is 18.2 Å². The molecule has 11 nitrogen and oxygen atoms in total. The molecule has 2 aromatic carbocycles. The van der Waals surface area contributed by atoms with Crippen molar-refractivity contribution in [1.29, 1.82) is 5.26 Å². The first kappa shape index (κ1) is 25.3. The summed E-state index contributed by atoms with van der Waals surface area (Å²) in [5.74, 6) is 0.549. The number of urea groups is 1. The van der Waals surface area contributed by atoms with Gasteiger partial charge in [-0.25, -0.2) is 9.78 Å². The van der Waals surface area contributed by atoms with Crippen molar-refractivity contribution in [3.05, 3.63) is 64.2 Å². The molecule has 0 spiro atoms. The Morgan fingerprint density at radius 3 is 2.73 bits per heavy atom. The Kier molecular flexibility index (Phi) is 6.19. The fourth-order valence-electron chi connectivity index (χ4n) is 5.35. The predicted molar refractivity (Wildman–Crippen MR) is 153 cm³/mol. The van der Waals surface area contributed by atoms with Crippen LogP contribution >= 0.6 is 11.3 Å². The van der Waals surface area contributed by atoms with Crippen LogP contribution < -0.4 is 25.0 Å². The highest BCUT2D eigenvalue weighted by Crippen LogP contribution is 2.52. The van der Waals surface area contributed by atoms with Crippen LogP contribution in [0.5, 0.6) is 11.5 Å². The third-order valence-electron chi connectivity index (χ3n) is 7.34. The van der Waals surface area contributed by atoms with Gasteiger partial charge in [0.1, 0.15) is 15.8 Å². The number of hydrogen-bond acceptors (Lipinski definition) is 9. The second-order valence-electron chi connectivity index (χ2n) is 9.89. The van der Waals surface area contributed by atoms with Crippen LogP contribution in [0, 0.1) is 18.3 Å². The Balaban J connectivity index is 1.24. The maximum absolute atomic E-state index is 13.7. The molecule has 0 atom stereocenters. The minimum atomic E-state index is -0.520. The highest BCUT2D eigenvalue weighted by atomic mass is 32.1. The summed E-state index contributed by atoms with van der Waals surface area (Å²) >= 11 is 1.16. The van der Waals surface area contributed by atoms with Gasteiger partial charge < -0.3 is 24.8 Å². The second-order valence-corrected chi connectivity index (χ2v) is 10.9. The molecule has 0 saturated carbocycles. The number of aromatic nitrogens is 1. The molecule has 206 valence electrons. The summed E-state index contributed by atoms with van der Waals surface area (Å²) in [4.78, 5) is 36.2. The quantitative estimate of drug-likeness (QED) is 0.345. The number of aryl methyl sites for hydroxylation is 1. The van der Waals surface area contributed by atoms with Crippen molar-refractivity contribution >= 4 is 56.2 Å². The van der Waals surface area contributed by atoms with E-state index in [1.165, 1.54) is 11.1 Å². The van der Waals surface area contributed by atoms with Crippen LogP contribution in [0.1, 0.15) is 26.4 Å². The highest BCUT2D eigenvalue weighted by molar-refractivity contribution is 7.21. The van der Waals surface area contributed by atoms with Crippen molar-refractivity contribution in [1.82, 2.24) is 9.88 Å². The molecule has 0 radical (unpaired) electrons. The summed E-state index contributed by atoms with van der Waals surface area (Å²) in [5, 5.41) is 16.3. The Bertz CT molecular complexity index is 1760. The number of benzene rings is 2. The zero-order chi connectivity index (χ0) is 28.1. The Hall–Kier alpha value is -4.70. The number of thiophene rings is 1. The van der Waals surface area contributed by atoms with E-state index in [0.717, 1.165) is 55.3 Å². The Labute approximate surface area is 238 Å². The summed E-state index contributed by atoms with van der Waals surface area (Å²) in [7, 11) is 0. The predicted octanol–water partition coefficient (Wildman–Crippen LogP) is 4.97. The van der Waals surface area contributed by atoms with Gasteiger partial charge in [0.15, 0.2) is 11.5 Å². The lowest BCUT2D eigenvalue weighted by atomic mass is 10.0. The van der Waals surface area contributed by atoms with E-state index in [9.17, 15) is 14.9 Å². The SMILES string of the molecule is Cc1ccc2c(c1N1C(=O)Nc3c(C(=O)Nc4ccc(CN5CCOCC5)cc4)sc4ncc(C#N)c1c34)OCO2. The molecule has 2 aromatic heterocycles. The van der Waals surface area contributed by atoms with Gasteiger partial charge in [-0.05, 0) is 36.2 Å². The normalized spacial score (nSPS) is 16.0. The van der Waals surface area contributed by atoms with E-state index in [1.807, 2.05) is 37.3 Å². The molecule has 7 rings (SSSR count). The Morgan fingerprint density at radius 2 is 1.95 bits per heavy atom. The van der Waals surface area contributed by atoms with Crippen LogP contribution in [0.15, 0.2) is 42.6 Å². The minimum Gasteiger partial charge on any atom is -0.454 e. The highest BCUT2D eigenvalue weighted by Gasteiger charge is 2.38. The van der Waals surface area contributed by atoms with E-state index in [4.69, 9.17) is 14.2 Å². The largest absolute Gasteiger partial charge is 0.454 e. The number of carbonyl (C=O) groups excluding carboxylic acids is 2. The number of nitrogens with zero attached hydrogens (tertiary/aromatic N) is 4. The van der Waals surface area contributed by atoms with Crippen molar-refractivity contribution in [2.45, 2.75) is 13.5 Å². The standard InChI is InChI=1S/C29H24N6O5S/c1-16-2-7-20-25(40-15-39-20)23(16)35-24-18(12-30)13-31-28-21(24)22(33-29(35)37)26(41-28)27(36)32-19-5-3-17(4-6-19)14-34-8-10-38-11-9-34/h2-7,13H,8-11,14-15H2,1H3,(H,32,36)(H,33,37). The van der Waals surface area contributed by atoms with Crippen molar-refractivity contribution in [3.63, 3.8) is 0 Å². The molecule has 41 heavy (non-hydrogen) atoms. The second kappa shape index (κ2) is 10.0. The van der Waals surface area contributed by atoms with Gasteiger partial charge in [-0.3, -0.25) is 14.6 Å². The topological polar surface area (TPSA) is 129 Å². The third-order valence-corrected chi connectivity index (χ3v) is 8.43. The Morgan fingerprint density at radius 1 is 1.15 bits per heavy atom. The molecule has 3 amide bonds. The van der Waals surface area contributed by atoms with Crippen molar-refractivity contribution in [3.8, 4) is 17.6 Å². The summed E-state index contributed by atoms with van der Waals surface area (Å²) < 4.78 is 16.7. The molecule has 2 N–H and O–H groups in total. The number of anilines is 4. The monoisotopic (exact) mass is 568 g/mol. The van der Waals surface area contributed by atoms with E-state index in [1.54, 1.807) is 6.07 Å². The number of amides is 3. The number of nitriles is 1. The zero-order valence-corrected chi connectivity index (χ0v) is 22.8. The number of ether oxygens (including phenoxy) is 3. The lowest BCUT2D eigenvalue weighted by Gasteiger charge is -2.30. The zero-order valence-electron chi connectivity index (χ0n) is 22.0. The van der Waals surface area contributed by atoms with Gasteiger partial charge >= 0.3 is 6.03 Å². The molecule has 1 fully saturated rings. The molecular weight excluding hydrogens is 544 g/mol. The van der Waals surface area contributed by atoms with Crippen LogP contribution in [0.25, 0.3) is 10.2 Å².